The molecule has 0 radical (unpaired) electrons. The molecule has 0 spiro atoms. The summed E-state index contributed by atoms with van der Waals surface area (Å²) in [6.07, 6.45) is 1.35. The number of ether oxygens (including phenoxy) is 1. The van der Waals surface area contributed by atoms with Crippen molar-refractivity contribution in [3.8, 4) is 5.75 Å². The summed E-state index contributed by atoms with van der Waals surface area (Å²) >= 11 is 5.38. The zero-order chi connectivity index (χ0) is 26.1. The fraction of sp³-hybridized carbons (Fsp3) is 0.276. The molecule has 2 amide bonds. The van der Waals surface area contributed by atoms with Gasteiger partial charge in [0.25, 0.3) is 5.91 Å². The molecule has 3 aromatic carbocycles. The average Bonchev–Trinajstić information content (AvgIpc) is 2.84. The van der Waals surface area contributed by atoms with Crippen LogP contribution in [0.1, 0.15) is 48.2 Å². The lowest BCUT2D eigenvalue weighted by Crippen LogP contribution is -2.42. The molecule has 3 rings (SSSR count). The largest absolute Gasteiger partial charge is 0.493 e. The molecule has 3 aromatic rings. The molecule has 0 saturated heterocycles. The van der Waals surface area contributed by atoms with E-state index in [-0.39, 0.29) is 16.9 Å². The van der Waals surface area contributed by atoms with E-state index in [1.807, 2.05) is 70.2 Å². The second-order valence-electron chi connectivity index (χ2n) is 9.38. The van der Waals surface area contributed by atoms with E-state index < -0.39 is 5.41 Å². The van der Waals surface area contributed by atoms with E-state index in [4.69, 9.17) is 17.0 Å². The molecule has 188 valence electrons. The molecule has 7 heteroatoms. The van der Waals surface area contributed by atoms with Crippen molar-refractivity contribution in [2.45, 2.75) is 40.5 Å². The van der Waals surface area contributed by atoms with Gasteiger partial charge in [-0.05, 0) is 80.4 Å². The Bertz CT molecular complexity index is 1230. The van der Waals surface area contributed by atoms with E-state index in [9.17, 15) is 9.59 Å². The number of carbonyl (C=O) groups is 2. The Morgan fingerprint density at radius 2 is 1.61 bits per heavy atom. The Hall–Kier alpha value is -3.71. The van der Waals surface area contributed by atoms with Crippen LogP contribution in [0.5, 0.6) is 5.75 Å². The molecule has 0 saturated carbocycles. The molecule has 0 heterocycles. The molecule has 0 aromatic heterocycles. The number of hydrogen-bond donors (Lipinski definition) is 3. The highest BCUT2D eigenvalue weighted by molar-refractivity contribution is 7.80. The van der Waals surface area contributed by atoms with Gasteiger partial charge in [-0.1, -0.05) is 56.3 Å². The van der Waals surface area contributed by atoms with Crippen molar-refractivity contribution in [1.29, 1.82) is 0 Å². The van der Waals surface area contributed by atoms with Crippen LogP contribution < -0.4 is 20.7 Å². The van der Waals surface area contributed by atoms with Crippen molar-refractivity contribution in [2.24, 2.45) is 5.41 Å². The van der Waals surface area contributed by atoms with Gasteiger partial charge in [0, 0.05) is 11.1 Å². The quantitative estimate of drug-likeness (QED) is 0.237. The second kappa shape index (κ2) is 12.3. The number of benzene rings is 3. The lowest BCUT2D eigenvalue weighted by molar-refractivity contribution is -0.128. The molecule has 0 unspecified atom stereocenters. The maximum absolute atomic E-state index is 12.9. The minimum Gasteiger partial charge on any atom is -0.493 e. The van der Waals surface area contributed by atoms with Gasteiger partial charge in [-0.2, -0.15) is 0 Å². The van der Waals surface area contributed by atoms with Crippen LogP contribution in [0, 0.1) is 19.3 Å². The molecule has 0 atom stereocenters. The summed E-state index contributed by atoms with van der Waals surface area (Å²) in [5.74, 6) is 0.401. The lowest BCUT2D eigenvalue weighted by Gasteiger charge is -2.24. The Morgan fingerprint density at radius 3 is 2.36 bits per heavy atom. The Labute approximate surface area is 218 Å². The van der Waals surface area contributed by atoms with Crippen molar-refractivity contribution >= 4 is 40.5 Å². The monoisotopic (exact) mass is 503 g/mol. The summed E-state index contributed by atoms with van der Waals surface area (Å²) in [6, 6.07) is 22.3. The van der Waals surface area contributed by atoms with E-state index >= 15 is 0 Å². The summed E-state index contributed by atoms with van der Waals surface area (Å²) < 4.78 is 5.92. The Kier molecular flexibility index (Phi) is 9.19. The van der Waals surface area contributed by atoms with Crippen LogP contribution in [0.15, 0.2) is 72.8 Å². The van der Waals surface area contributed by atoms with E-state index in [2.05, 4.69) is 22.0 Å². The number of thiocarbonyl (C=S) groups is 1. The van der Waals surface area contributed by atoms with Crippen LogP contribution in [0.2, 0.25) is 0 Å². The van der Waals surface area contributed by atoms with Crippen molar-refractivity contribution in [3.63, 3.8) is 0 Å². The molecule has 3 N–H and O–H groups in total. The molecule has 0 aliphatic carbocycles. The van der Waals surface area contributed by atoms with Gasteiger partial charge in [0.1, 0.15) is 5.75 Å². The van der Waals surface area contributed by atoms with Crippen LogP contribution in [-0.2, 0) is 4.79 Å². The fourth-order valence-electron chi connectivity index (χ4n) is 3.61. The van der Waals surface area contributed by atoms with E-state index in [1.54, 1.807) is 24.3 Å². The van der Waals surface area contributed by atoms with E-state index in [0.717, 1.165) is 23.3 Å². The molecular formula is C29H33N3O3S. The van der Waals surface area contributed by atoms with Crippen LogP contribution >= 0.6 is 12.2 Å². The standard InChI is InChI=1S/C29H33N3O3S/c1-20-15-16-21(2)25(19-20)35-18-10-17-29(3,4)27(34)32-28(36)31-24-14-9-8-13-23(24)26(33)30-22-11-6-5-7-12-22/h5-9,11-16,19H,10,17-18H2,1-4H3,(H,30,33)(H2,31,32,34,36). The molecule has 6 nitrogen and oxygen atoms in total. The number of nitrogens with one attached hydrogen (secondary N) is 3. The zero-order valence-corrected chi connectivity index (χ0v) is 22.0. The number of carbonyl (C=O) groups excluding carboxylic acids is 2. The van der Waals surface area contributed by atoms with Crippen LogP contribution in [0.4, 0.5) is 11.4 Å². The molecule has 0 fully saturated rings. The highest BCUT2D eigenvalue weighted by Crippen LogP contribution is 2.25. The Morgan fingerprint density at radius 1 is 0.917 bits per heavy atom. The van der Waals surface area contributed by atoms with Crippen LogP contribution in [-0.4, -0.2) is 23.5 Å². The van der Waals surface area contributed by atoms with Crippen molar-refractivity contribution in [1.82, 2.24) is 5.32 Å². The molecular weight excluding hydrogens is 470 g/mol. The molecule has 0 bridgehead atoms. The number of anilines is 2. The number of aryl methyl sites for hydroxylation is 2. The Balaban J connectivity index is 1.52. The van der Waals surface area contributed by atoms with E-state index in [1.165, 1.54) is 0 Å². The molecule has 0 aliphatic heterocycles. The van der Waals surface area contributed by atoms with Crippen molar-refractivity contribution < 1.29 is 14.3 Å². The van der Waals surface area contributed by atoms with Gasteiger partial charge in [-0.15, -0.1) is 0 Å². The van der Waals surface area contributed by atoms with Gasteiger partial charge in [-0.25, -0.2) is 0 Å². The number of hydrogen-bond acceptors (Lipinski definition) is 4. The van der Waals surface area contributed by atoms with Crippen molar-refractivity contribution in [3.05, 3.63) is 89.5 Å². The number of amides is 2. The summed E-state index contributed by atoms with van der Waals surface area (Å²) in [7, 11) is 0. The SMILES string of the molecule is Cc1ccc(C)c(OCCCC(C)(C)C(=O)NC(=S)Nc2ccccc2C(=O)Nc2ccccc2)c1. The van der Waals surface area contributed by atoms with Crippen LogP contribution in [0.3, 0.4) is 0 Å². The van der Waals surface area contributed by atoms with Gasteiger partial charge in [-0.3, -0.25) is 9.59 Å². The van der Waals surface area contributed by atoms with Gasteiger partial charge >= 0.3 is 0 Å². The smallest absolute Gasteiger partial charge is 0.257 e. The molecule has 36 heavy (non-hydrogen) atoms. The minimum absolute atomic E-state index is 0.139. The lowest BCUT2D eigenvalue weighted by atomic mass is 9.87. The first-order valence-corrected chi connectivity index (χ1v) is 12.3. The van der Waals surface area contributed by atoms with Gasteiger partial charge in [0.2, 0.25) is 5.91 Å². The van der Waals surface area contributed by atoms with Crippen molar-refractivity contribution in [2.75, 3.05) is 17.2 Å². The van der Waals surface area contributed by atoms with E-state index in [0.29, 0.717) is 30.0 Å². The third-order valence-corrected chi connectivity index (χ3v) is 6.04. The number of rotatable bonds is 9. The predicted octanol–water partition coefficient (Wildman–Crippen LogP) is 6.25. The normalized spacial score (nSPS) is 10.9. The fourth-order valence-corrected chi connectivity index (χ4v) is 3.81. The highest BCUT2D eigenvalue weighted by Gasteiger charge is 2.28. The molecule has 0 aliphatic rings. The predicted molar refractivity (Wildman–Crippen MR) is 150 cm³/mol. The average molecular weight is 504 g/mol. The highest BCUT2D eigenvalue weighted by atomic mass is 32.1. The third kappa shape index (κ3) is 7.65. The van der Waals surface area contributed by atoms with Gasteiger partial charge in [0.15, 0.2) is 5.11 Å². The summed E-state index contributed by atoms with van der Waals surface area (Å²) in [6.45, 7) is 8.33. The maximum Gasteiger partial charge on any atom is 0.257 e. The maximum atomic E-state index is 12.9. The topological polar surface area (TPSA) is 79.5 Å². The first-order chi connectivity index (χ1) is 17.2. The summed E-state index contributed by atoms with van der Waals surface area (Å²) in [5.41, 5.74) is 3.21. The second-order valence-corrected chi connectivity index (χ2v) is 9.79. The first-order valence-electron chi connectivity index (χ1n) is 11.9. The first kappa shape index (κ1) is 26.9. The zero-order valence-electron chi connectivity index (χ0n) is 21.2. The summed E-state index contributed by atoms with van der Waals surface area (Å²) in [4.78, 5) is 25.7. The van der Waals surface area contributed by atoms with Gasteiger partial charge in [0.05, 0.1) is 17.9 Å². The minimum atomic E-state index is -0.652. The third-order valence-electron chi connectivity index (χ3n) is 5.84. The van der Waals surface area contributed by atoms with Gasteiger partial charge < -0.3 is 20.7 Å². The number of para-hydroxylation sites is 2. The van der Waals surface area contributed by atoms with Crippen LogP contribution in [0.25, 0.3) is 0 Å². The summed E-state index contributed by atoms with van der Waals surface area (Å²) in [5, 5.41) is 8.76.